The molecule has 0 saturated carbocycles. The minimum absolute atomic E-state index is 0. The fourth-order valence-corrected chi connectivity index (χ4v) is 0.287. The first-order chi connectivity index (χ1) is 3.12. The third-order valence-electron chi connectivity index (χ3n) is 0.174. The number of hydrogen-bond donors (Lipinski definition) is 1. The topological polar surface area (TPSA) is 55.8 Å². The Bertz CT molecular complexity index is 90.6. The van der Waals surface area contributed by atoms with Crippen LogP contribution in [-0.2, 0) is 12.7 Å². The molecule has 0 heterocycles. The molecule has 0 aromatic carbocycles. The number of hydrogen-bond acceptors (Lipinski definition) is 3. The molecule has 0 amide bonds. The van der Waals surface area contributed by atoms with Crippen LogP contribution in [0.5, 0.6) is 0 Å². The maximum absolute atomic E-state index is 9.80. The molecule has 0 aromatic heterocycles. The molecular formula is H2Cl2CsO4P. The van der Waals surface area contributed by atoms with Crippen molar-refractivity contribution in [3.8, 4) is 0 Å². The monoisotopic (exact) mass is 300 g/mol. The van der Waals surface area contributed by atoms with Gasteiger partial charge in [-0.15, -0.1) is 0 Å². The first kappa shape index (κ1) is 13.3. The Hall–Kier alpha value is 2.74. The maximum Gasteiger partial charge on any atom is 1.00 e. The second-order valence-electron chi connectivity index (χ2n) is 0.607. The van der Waals surface area contributed by atoms with Gasteiger partial charge in [0.1, 0.15) is 0 Å². The van der Waals surface area contributed by atoms with Crippen LogP contribution in [0.1, 0.15) is 1.43 Å². The summed E-state index contributed by atoms with van der Waals surface area (Å²) >= 11 is 8.74. The molecule has 0 atom stereocenters. The average Bonchev–Trinajstić information content (AvgIpc) is 1.68. The molecule has 0 radical (unpaired) electrons. The molecule has 4 nitrogen and oxygen atoms in total. The van der Waals surface area contributed by atoms with Gasteiger partial charge in [0, 0.05) is 0 Å². The molecule has 1 N–H and O–H groups in total. The Morgan fingerprint density at radius 2 is 1.75 bits per heavy atom. The van der Waals surface area contributed by atoms with Crippen molar-refractivity contribution in [2.45, 2.75) is 0 Å². The fraction of sp³-hybridized carbons (Fsp3) is 0. The van der Waals surface area contributed by atoms with Gasteiger partial charge in [0.05, 0.1) is 23.7 Å². The van der Waals surface area contributed by atoms with E-state index in [4.69, 9.17) is 4.89 Å². The molecular weight excluding hydrogens is 299 g/mol. The van der Waals surface area contributed by atoms with E-state index in [1.165, 1.54) is 0 Å². The van der Waals surface area contributed by atoms with Crippen molar-refractivity contribution >= 4 is 31.6 Å². The summed E-state index contributed by atoms with van der Waals surface area (Å²) in [4.78, 5) is 7.98. The molecule has 0 unspecified atom stereocenters. The zero-order valence-electron chi connectivity index (χ0n) is 4.88. The summed E-state index contributed by atoms with van der Waals surface area (Å²) in [5.74, 6) is 0. The minimum atomic E-state index is -4.12. The second kappa shape index (κ2) is 6.45. The fourth-order valence-electron chi connectivity index (χ4n) is 0.0106. The van der Waals surface area contributed by atoms with E-state index in [2.05, 4.69) is 31.9 Å². The standard InChI is InChI=1S/Cl2HO4P.Cs.H/c1-5-7(3,4)6-2;;/h(H,3,4);;/q;+1;-1. The van der Waals surface area contributed by atoms with Crippen molar-refractivity contribution in [3.63, 3.8) is 0 Å². The molecule has 0 bridgehead atoms. The van der Waals surface area contributed by atoms with Gasteiger partial charge in [0.25, 0.3) is 0 Å². The summed E-state index contributed by atoms with van der Waals surface area (Å²) in [5, 5.41) is 0. The van der Waals surface area contributed by atoms with Crippen LogP contribution < -0.4 is 68.9 Å². The van der Waals surface area contributed by atoms with Gasteiger partial charge in [-0.3, -0.25) is 0 Å². The van der Waals surface area contributed by atoms with Gasteiger partial charge in [-0.25, -0.2) is 4.57 Å². The Balaban J connectivity index is -0.000000180. The maximum atomic E-state index is 9.80. The van der Waals surface area contributed by atoms with E-state index in [-0.39, 0.29) is 70.3 Å². The predicted molar refractivity (Wildman–Crippen MR) is 24.8 cm³/mol. The van der Waals surface area contributed by atoms with Gasteiger partial charge >= 0.3 is 76.7 Å². The molecule has 8 heavy (non-hydrogen) atoms. The number of halogens is 2. The molecule has 46 valence electrons. The van der Waals surface area contributed by atoms with Crippen molar-refractivity contribution in [3.05, 3.63) is 0 Å². The smallest absolute Gasteiger partial charge is 1.00 e. The van der Waals surface area contributed by atoms with Gasteiger partial charge in [-0.1, -0.05) is 0 Å². The molecule has 0 fully saturated rings. The van der Waals surface area contributed by atoms with Crippen LogP contribution in [0, 0.1) is 0 Å². The Labute approximate surface area is 117 Å². The van der Waals surface area contributed by atoms with Crippen LogP contribution in [0.3, 0.4) is 0 Å². The Morgan fingerprint density at radius 1 is 1.50 bits per heavy atom. The molecule has 0 aliphatic heterocycles. The molecule has 0 aliphatic carbocycles. The molecule has 8 heteroatoms. The van der Waals surface area contributed by atoms with Crippen molar-refractivity contribution < 1.29 is 87.9 Å². The van der Waals surface area contributed by atoms with Gasteiger partial charge in [0.15, 0.2) is 0 Å². The molecule has 0 rings (SSSR count). The minimum Gasteiger partial charge on any atom is -1.00 e. The molecule has 0 spiro atoms. The summed E-state index contributed by atoms with van der Waals surface area (Å²) in [7, 11) is -4.12. The van der Waals surface area contributed by atoms with E-state index in [9.17, 15) is 4.57 Å². The van der Waals surface area contributed by atoms with Gasteiger partial charge in [-0.2, -0.15) is 8.15 Å². The van der Waals surface area contributed by atoms with E-state index in [0.29, 0.717) is 0 Å². The molecule has 0 aromatic rings. The van der Waals surface area contributed by atoms with E-state index in [1.54, 1.807) is 0 Å². The summed E-state index contributed by atoms with van der Waals surface area (Å²) in [5.41, 5.74) is 0. The van der Waals surface area contributed by atoms with Gasteiger partial charge in [0.2, 0.25) is 0 Å². The first-order valence-electron chi connectivity index (χ1n) is 1.06. The first-order valence-corrected chi connectivity index (χ1v) is 3.17. The second-order valence-corrected chi connectivity index (χ2v) is 2.65. The summed E-state index contributed by atoms with van der Waals surface area (Å²) in [6.07, 6.45) is 0. The SMILES string of the molecule is O=P(O)(OCl)OCl.[Cs+].[H-]. The van der Waals surface area contributed by atoms with E-state index in [0.717, 1.165) is 0 Å². The van der Waals surface area contributed by atoms with Crippen LogP contribution in [-0.4, -0.2) is 4.89 Å². The normalized spacial score (nSPS) is 10.4. The van der Waals surface area contributed by atoms with Gasteiger partial charge in [-0.05, 0) is 0 Å². The Morgan fingerprint density at radius 3 is 1.75 bits per heavy atom. The number of rotatable bonds is 2. The van der Waals surface area contributed by atoms with Crippen LogP contribution in [0.15, 0.2) is 0 Å². The molecule has 0 saturated heterocycles. The Kier molecular flexibility index (Phi) is 10.8. The van der Waals surface area contributed by atoms with E-state index < -0.39 is 7.82 Å². The average molecular weight is 301 g/mol. The summed E-state index contributed by atoms with van der Waals surface area (Å²) in [6, 6.07) is 0. The zero-order valence-corrected chi connectivity index (χ0v) is 12.6. The van der Waals surface area contributed by atoms with Crippen LogP contribution in [0.2, 0.25) is 0 Å². The quantitative estimate of drug-likeness (QED) is 0.634. The van der Waals surface area contributed by atoms with Crippen molar-refractivity contribution in [1.29, 1.82) is 0 Å². The van der Waals surface area contributed by atoms with Crippen LogP contribution in [0.4, 0.5) is 0 Å². The number of phosphoric acid groups is 1. The third-order valence-corrected chi connectivity index (χ3v) is 1.57. The molecule has 0 aliphatic rings. The van der Waals surface area contributed by atoms with E-state index in [1.807, 2.05) is 0 Å². The van der Waals surface area contributed by atoms with E-state index >= 15 is 0 Å². The van der Waals surface area contributed by atoms with Crippen molar-refractivity contribution in [2.75, 3.05) is 0 Å². The van der Waals surface area contributed by atoms with Crippen molar-refractivity contribution in [2.24, 2.45) is 0 Å². The predicted octanol–water partition coefficient (Wildman–Crippen LogP) is -1.46. The zero-order chi connectivity index (χ0) is 5.91. The van der Waals surface area contributed by atoms with Gasteiger partial charge < -0.3 is 6.32 Å². The third kappa shape index (κ3) is 6.86. The largest absolute Gasteiger partial charge is 1.00 e. The van der Waals surface area contributed by atoms with Crippen LogP contribution >= 0.6 is 31.6 Å². The summed E-state index contributed by atoms with van der Waals surface area (Å²) in [6.45, 7) is 0. The van der Waals surface area contributed by atoms with Crippen LogP contribution in [0.25, 0.3) is 0 Å². The van der Waals surface area contributed by atoms with Crippen molar-refractivity contribution in [1.82, 2.24) is 0 Å². The summed E-state index contributed by atoms with van der Waals surface area (Å²) < 4.78 is 16.4.